The third kappa shape index (κ3) is 1.02. The molecule has 0 saturated heterocycles. The first-order valence-electron chi connectivity index (χ1n) is 3.43. The second-order valence-electron chi connectivity index (χ2n) is 2.39. The molecule has 0 unspecified atom stereocenters. The van der Waals surface area contributed by atoms with Gasteiger partial charge in [0, 0.05) is 10.9 Å². The Morgan fingerprint density at radius 2 is 2.09 bits per heavy atom. The predicted molar refractivity (Wildman–Crippen MR) is 45.8 cm³/mol. The van der Waals surface area contributed by atoms with Crippen molar-refractivity contribution in [1.29, 1.82) is 0 Å². The minimum absolute atomic E-state index is 0.511. The van der Waals surface area contributed by atoms with Gasteiger partial charge in [-0.3, -0.25) is 0 Å². The molecule has 11 heavy (non-hydrogen) atoms. The van der Waals surface area contributed by atoms with Gasteiger partial charge in [0.1, 0.15) is 5.58 Å². The van der Waals surface area contributed by atoms with Gasteiger partial charge in [0.25, 0.3) is 0 Å². The highest BCUT2D eigenvalue weighted by Crippen LogP contribution is 2.21. The van der Waals surface area contributed by atoms with E-state index in [4.69, 9.17) is 16.0 Å². The molecule has 1 aromatic heterocycles. The standard InChI is InChI=1S/C9H7ClO/c10-5-7-6-11-9-4-2-1-3-8(7)9/h1-4,6H,5H2. The number of halogens is 1. The van der Waals surface area contributed by atoms with E-state index >= 15 is 0 Å². The van der Waals surface area contributed by atoms with Crippen LogP contribution in [-0.2, 0) is 5.88 Å². The van der Waals surface area contributed by atoms with E-state index in [1.807, 2.05) is 24.3 Å². The van der Waals surface area contributed by atoms with E-state index in [1.165, 1.54) is 0 Å². The fourth-order valence-corrected chi connectivity index (χ4v) is 1.34. The van der Waals surface area contributed by atoms with Crippen molar-refractivity contribution in [1.82, 2.24) is 0 Å². The number of fused-ring (bicyclic) bond motifs is 1. The van der Waals surface area contributed by atoms with E-state index in [9.17, 15) is 0 Å². The fourth-order valence-electron chi connectivity index (χ4n) is 1.14. The summed E-state index contributed by atoms with van der Waals surface area (Å²) in [5.74, 6) is 0.511. The van der Waals surface area contributed by atoms with Crippen LogP contribution in [0, 0.1) is 0 Å². The summed E-state index contributed by atoms with van der Waals surface area (Å²) in [5, 5.41) is 1.11. The molecule has 0 fully saturated rings. The Morgan fingerprint density at radius 3 is 2.91 bits per heavy atom. The van der Waals surface area contributed by atoms with Gasteiger partial charge in [0.05, 0.1) is 12.1 Å². The highest BCUT2D eigenvalue weighted by molar-refractivity contribution is 6.17. The van der Waals surface area contributed by atoms with Gasteiger partial charge in [0.2, 0.25) is 0 Å². The molecule has 0 atom stereocenters. The van der Waals surface area contributed by atoms with Crippen molar-refractivity contribution in [3.05, 3.63) is 36.1 Å². The third-order valence-electron chi connectivity index (χ3n) is 1.71. The summed E-state index contributed by atoms with van der Waals surface area (Å²) in [6, 6.07) is 7.87. The van der Waals surface area contributed by atoms with Crippen LogP contribution in [0.1, 0.15) is 5.56 Å². The molecule has 0 aliphatic heterocycles. The molecule has 1 nitrogen and oxygen atoms in total. The molecule has 0 saturated carbocycles. The fraction of sp³-hybridized carbons (Fsp3) is 0.111. The van der Waals surface area contributed by atoms with Crippen LogP contribution < -0.4 is 0 Å². The van der Waals surface area contributed by atoms with Crippen molar-refractivity contribution >= 4 is 22.6 Å². The monoisotopic (exact) mass is 166 g/mol. The lowest BCUT2D eigenvalue weighted by molar-refractivity contribution is 0.612. The number of furan rings is 1. The summed E-state index contributed by atoms with van der Waals surface area (Å²) >= 11 is 5.69. The van der Waals surface area contributed by atoms with Gasteiger partial charge in [-0.2, -0.15) is 0 Å². The summed E-state index contributed by atoms with van der Waals surface area (Å²) < 4.78 is 5.26. The maximum absolute atomic E-state index is 5.69. The molecule has 2 heteroatoms. The van der Waals surface area contributed by atoms with Crippen LogP contribution in [-0.4, -0.2) is 0 Å². The largest absolute Gasteiger partial charge is 0.464 e. The maximum atomic E-state index is 5.69. The van der Waals surface area contributed by atoms with E-state index in [1.54, 1.807) is 6.26 Å². The normalized spacial score (nSPS) is 10.6. The van der Waals surface area contributed by atoms with Gasteiger partial charge in [-0.25, -0.2) is 0 Å². The van der Waals surface area contributed by atoms with Gasteiger partial charge in [-0.05, 0) is 6.07 Å². The number of hydrogen-bond acceptors (Lipinski definition) is 1. The van der Waals surface area contributed by atoms with Crippen molar-refractivity contribution in [3.8, 4) is 0 Å². The van der Waals surface area contributed by atoms with Crippen LogP contribution >= 0.6 is 11.6 Å². The number of alkyl halides is 1. The van der Waals surface area contributed by atoms with Crippen molar-refractivity contribution in [2.75, 3.05) is 0 Å². The summed E-state index contributed by atoms with van der Waals surface area (Å²) in [7, 11) is 0. The third-order valence-corrected chi connectivity index (χ3v) is 1.99. The highest BCUT2D eigenvalue weighted by atomic mass is 35.5. The van der Waals surface area contributed by atoms with Crippen molar-refractivity contribution < 1.29 is 4.42 Å². The van der Waals surface area contributed by atoms with Crippen LogP contribution in [0.5, 0.6) is 0 Å². The maximum Gasteiger partial charge on any atom is 0.134 e. The van der Waals surface area contributed by atoms with E-state index < -0.39 is 0 Å². The average molecular weight is 167 g/mol. The highest BCUT2D eigenvalue weighted by Gasteiger charge is 2.01. The Labute approximate surface area is 69.6 Å². The number of para-hydroxylation sites is 1. The first kappa shape index (κ1) is 6.74. The zero-order valence-electron chi connectivity index (χ0n) is 5.88. The molecule has 0 spiro atoms. The molecule has 0 N–H and O–H groups in total. The second kappa shape index (κ2) is 2.59. The average Bonchev–Trinajstić information content (AvgIpc) is 2.47. The number of rotatable bonds is 1. The van der Waals surface area contributed by atoms with Crippen LogP contribution in [0.4, 0.5) is 0 Å². The molecule has 0 radical (unpaired) electrons. The predicted octanol–water partition coefficient (Wildman–Crippen LogP) is 3.17. The van der Waals surface area contributed by atoms with Crippen LogP contribution in [0.3, 0.4) is 0 Å². The van der Waals surface area contributed by atoms with E-state index in [0.29, 0.717) is 5.88 Å². The van der Waals surface area contributed by atoms with Crippen molar-refractivity contribution in [2.24, 2.45) is 0 Å². The van der Waals surface area contributed by atoms with Crippen LogP contribution in [0.2, 0.25) is 0 Å². The smallest absolute Gasteiger partial charge is 0.134 e. The van der Waals surface area contributed by atoms with Gasteiger partial charge in [-0.15, -0.1) is 11.6 Å². The lowest BCUT2D eigenvalue weighted by atomic mass is 10.2. The molecule has 0 aliphatic carbocycles. The quantitative estimate of drug-likeness (QED) is 0.593. The van der Waals surface area contributed by atoms with E-state index in [0.717, 1.165) is 16.5 Å². The molecule has 0 amide bonds. The van der Waals surface area contributed by atoms with Gasteiger partial charge in [-0.1, -0.05) is 18.2 Å². The summed E-state index contributed by atoms with van der Waals surface area (Å²) in [4.78, 5) is 0. The molecule has 1 heterocycles. The SMILES string of the molecule is ClCc1coc2ccccc12. The Morgan fingerprint density at radius 1 is 1.27 bits per heavy atom. The minimum Gasteiger partial charge on any atom is -0.464 e. The second-order valence-corrected chi connectivity index (χ2v) is 2.66. The summed E-state index contributed by atoms with van der Waals surface area (Å²) in [6.07, 6.45) is 1.71. The van der Waals surface area contributed by atoms with Crippen molar-refractivity contribution in [2.45, 2.75) is 5.88 Å². The van der Waals surface area contributed by atoms with Gasteiger partial charge >= 0.3 is 0 Å². The first-order valence-corrected chi connectivity index (χ1v) is 3.96. The van der Waals surface area contributed by atoms with E-state index in [2.05, 4.69) is 0 Å². The molecule has 1 aromatic carbocycles. The number of benzene rings is 1. The first-order chi connectivity index (χ1) is 5.42. The molecule has 2 rings (SSSR count). The van der Waals surface area contributed by atoms with E-state index in [-0.39, 0.29) is 0 Å². The lowest BCUT2D eigenvalue weighted by Gasteiger charge is -1.87. The van der Waals surface area contributed by atoms with Crippen molar-refractivity contribution in [3.63, 3.8) is 0 Å². The molecule has 0 aliphatic rings. The molecular weight excluding hydrogens is 160 g/mol. The molecular formula is C9H7ClO. The number of hydrogen-bond donors (Lipinski definition) is 0. The van der Waals surface area contributed by atoms with Crippen LogP contribution in [0.15, 0.2) is 34.9 Å². The summed E-state index contributed by atoms with van der Waals surface area (Å²) in [6.45, 7) is 0. The molecule has 56 valence electrons. The van der Waals surface area contributed by atoms with Gasteiger partial charge < -0.3 is 4.42 Å². The Balaban J connectivity index is 2.76. The zero-order chi connectivity index (χ0) is 7.68. The minimum atomic E-state index is 0.511. The Hall–Kier alpha value is -0.950. The van der Waals surface area contributed by atoms with Crippen LogP contribution in [0.25, 0.3) is 11.0 Å². The topological polar surface area (TPSA) is 13.1 Å². The Kier molecular flexibility index (Phi) is 1.59. The lowest BCUT2D eigenvalue weighted by Crippen LogP contribution is -1.70. The zero-order valence-corrected chi connectivity index (χ0v) is 6.64. The summed E-state index contributed by atoms with van der Waals surface area (Å²) in [5.41, 5.74) is 1.96. The molecule has 2 aromatic rings. The Bertz CT molecular complexity index is 364. The molecule has 0 bridgehead atoms. The van der Waals surface area contributed by atoms with Gasteiger partial charge in [0.15, 0.2) is 0 Å².